The summed E-state index contributed by atoms with van der Waals surface area (Å²) in [7, 11) is 1.30. The van der Waals surface area contributed by atoms with Gasteiger partial charge in [0.1, 0.15) is 0 Å². The number of benzene rings is 2. The lowest BCUT2D eigenvalue weighted by atomic mass is 10.0. The number of carbonyl (C=O) groups is 2. The number of para-hydroxylation sites is 1. The highest BCUT2D eigenvalue weighted by atomic mass is 16.5. The fourth-order valence-electron chi connectivity index (χ4n) is 2.12. The molecule has 0 bridgehead atoms. The number of amides is 2. The van der Waals surface area contributed by atoms with Crippen LogP contribution >= 0.6 is 0 Å². The summed E-state index contributed by atoms with van der Waals surface area (Å²) in [6.07, 6.45) is 0. The highest BCUT2D eigenvalue weighted by Gasteiger charge is 2.13. The van der Waals surface area contributed by atoms with Gasteiger partial charge in [0.15, 0.2) is 0 Å². The lowest BCUT2D eigenvalue weighted by Gasteiger charge is -2.11. The molecule has 2 aromatic carbocycles. The zero-order valence-electron chi connectivity index (χ0n) is 13.4. The van der Waals surface area contributed by atoms with Gasteiger partial charge in [-0.2, -0.15) is 0 Å². The topological polar surface area (TPSA) is 67.4 Å². The number of rotatable bonds is 4. The quantitative estimate of drug-likeness (QED) is 0.830. The van der Waals surface area contributed by atoms with Crippen LogP contribution < -0.4 is 10.6 Å². The van der Waals surface area contributed by atoms with Crippen LogP contribution in [0.2, 0.25) is 0 Å². The Labute approximate surface area is 135 Å². The average molecular weight is 312 g/mol. The lowest BCUT2D eigenvalue weighted by molar-refractivity contribution is 0.0602. The number of esters is 1. The van der Waals surface area contributed by atoms with Crippen molar-refractivity contribution in [3.05, 3.63) is 59.7 Å². The highest BCUT2D eigenvalue weighted by molar-refractivity contribution is 6.05. The van der Waals surface area contributed by atoms with Crippen molar-refractivity contribution in [1.82, 2.24) is 0 Å². The second-order valence-electron chi connectivity index (χ2n) is 5.39. The molecule has 23 heavy (non-hydrogen) atoms. The Morgan fingerprint density at radius 2 is 1.61 bits per heavy atom. The van der Waals surface area contributed by atoms with Gasteiger partial charge in [-0.3, -0.25) is 0 Å². The van der Waals surface area contributed by atoms with E-state index in [1.807, 2.05) is 24.3 Å². The first-order chi connectivity index (χ1) is 11.0. The molecular formula is C18H20N2O3. The van der Waals surface area contributed by atoms with Gasteiger partial charge < -0.3 is 15.4 Å². The van der Waals surface area contributed by atoms with E-state index in [-0.39, 0.29) is 0 Å². The van der Waals surface area contributed by atoms with Crippen molar-refractivity contribution in [2.75, 3.05) is 17.7 Å². The molecule has 0 fully saturated rings. The van der Waals surface area contributed by atoms with Gasteiger partial charge in [0.25, 0.3) is 0 Å². The molecule has 2 amide bonds. The van der Waals surface area contributed by atoms with Crippen molar-refractivity contribution in [3.8, 4) is 0 Å². The Morgan fingerprint density at radius 3 is 2.22 bits per heavy atom. The summed E-state index contributed by atoms with van der Waals surface area (Å²) in [6.45, 7) is 4.22. The van der Waals surface area contributed by atoms with Crippen LogP contribution in [0, 0.1) is 0 Å². The van der Waals surface area contributed by atoms with Gasteiger partial charge in [0, 0.05) is 5.69 Å². The summed E-state index contributed by atoms with van der Waals surface area (Å²) in [5, 5.41) is 5.40. The Balaban J connectivity index is 2.07. The molecule has 0 heterocycles. The van der Waals surface area contributed by atoms with E-state index in [2.05, 4.69) is 24.5 Å². The Bertz CT molecular complexity index is 694. The number of carbonyl (C=O) groups excluding carboxylic acids is 2. The Kier molecular flexibility index (Phi) is 5.36. The summed E-state index contributed by atoms with van der Waals surface area (Å²) in [5.41, 5.74) is 2.59. The second kappa shape index (κ2) is 7.45. The van der Waals surface area contributed by atoms with Crippen LogP contribution in [0.15, 0.2) is 48.5 Å². The molecule has 0 saturated carbocycles. The third-order valence-corrected chi connectivity index (χ3v) is 3.42. The number of ether oxygens (including phenoxy) is 1. The van der Waals surface area contributed by atoms with Gasteiger partial charge in [-0.15, -0.1) is 0 Å². The first kappa shape index (κ1) is 16.5. The summed E-state index contributed by atoms with van der Waals surface area (Å²) >= 11 is 0. The van der Waals surface area contributed by atoms with E-state index in [9.17, 15) is 9.59 Å². The minimum Gasteiger partial charge on any atom is -0.465 e. The summed E-state index contributed by atoms with van der Waals surface area (Å²) in [6, 6.07) is 13.9. The zero-order chi connectivity index (χ0) is 16.8. The number of methoxy groups -OCH3 is 1. The molecule has 5 nitrogen and oxygen atoms in total. The first-order valence-corrected chi connectivity index (χ1v) is 7.36. The average Bonchev–Trinajstić information content (AvgIpc) is 2.55. The Morgan fingerprint density at radius 1 is 0.957 bits per heavy atom. The summed E-state index contributed by atoms with van der Waals surface area (Å²) in [5.74, 6) is -0.0630. The fraction of sp³-hybridized carbons (Fsp3) is 0.222. The predicted octanol–water partition coefficient (Wildman–Crippen LogP) is 4.24. The smallest absolute Gasteiger partial charge is 0.339 e. The van der Waals surface area contributed by atoms with Crippen LogP contribution in [-0.4, -0.2) is 19.1 Å². The van der Waals surface area contributed by atoms with Crippen LogP contribution in [0.25, 0.3) is 0 Å². The molecular weight excluding hydrogens is 292 g/mol. The number of hydrogen-bond acceptors (Lipinski definition) is 3. The van der Waals surface area contributed by atoms with Crippen molar-refractivity contribution < 1.29 is 14.3 Å². The number of nitrogens with one attached hydrogen (secondary N) is 2. The Hall–Kier alpha value is -2.82. The normalized spacial score (nSPS) is 10.3. The monoisotopic (exact) mass is 312 g/mol. The standard InChI is InChI=1S/C18H20N2O3/c1-12(2)13-8-10-14(11-9-13)19-18(22)20-16-7-5-4-6-15(16)17(21)23-3/h4-12H,1-3H3,(H2,19,20,22). The largest absolute Gasteiger partial charge is 0.465 e. The number of anilines is 2. The van der Waals surface area contributed by atoms with Crippen molar-refractivity contribution in [3.63, 3.8) is 0 Å². The van der Waals surface area contributed by atoms with Gasteiger partial charge in [0.05, 0.1) is 18.4 Å². The van der Waals surface area contributed by atoms with Crippen LogP contribution in [0.1, 0.15) is 35.7 Å². The van der Waals surface area contributed by atoms with Gasteiger partial charge in [-0.25, -0.2) is 9.59 Å². The fourth-order valence-corrected chi connectivity index (χ4v) is 2.12. The molecule has 0 aliphatic rings. The maximum absolute atomic E-state index is 12.1. The van der Waals surface area contributed by atoms with E-state index >= 15 is 0 Å². The van der Waals surface area contributed by atoms with Crippen molar-refractivity contribution in [2.45, 2.75) is 19.8 Å². The molecule has 0 atom stereocenters. The lowest BCUT2D eigenvalue weighted by Crippen LogP contribution is -2.21. The molecule has 5 heteroatoms. The molecule has 0 saturated heterocycles. The summed E-state index contributed by atoms with van der Waals surface area (Å²) < 4.78 is 4.70. The highest BCUT2D eigenvalue weighted by Crippen LogP contribution is 2.19. The van der Waals surface area contributed by atoms with Gasteiger partial charge in [-0.05, 0) is 35.7 Å². The van der Waals surface area contributed by atoms with Gasteiger partial charge in [-0.1, -0.05) is 38.1 Å². The maximum atomic E-state index is 12.1. The van der Waals surface area contributed by atoms with Crippen molar-refractivity contribution >= 4 is 23.4 Å². The molecule has 0 radical (unpaired) electrons. The first-order valence-electron chi connectivity index (χ1n) is 7.36. The number of hydrogen-bond donors (Lipinski definition) is 2. The molecule has 2 N–H and O–H groups in total. The molecule has 0 spiro atoms. The van der Waals surface area contributed by atoms with Crippen LogP contribution in [0.4, 0.5) is 16.2 Å². The molecule has 0 unspecified atom stereocenters. The van der Waals surface area contributed by atoms with E-state index in [0.29, 0.717) is 22.9 Å². The second-order valence-corrected chi connectivity index (χ2v) is 5.39. The third-order valence-electron chi connectivity index (χ3n) is 3.42. The SMILES string of the molecule is COC(=O)c1ccccc1NC(=O)Nc1ccc(C(C)C)cc1. The van der Waals surface area contributed by atoms with E-state index in [0.717, 1.165) is 0 Å². The molecule has 0 aliphatic carbocycles. The molecule has 0 aliphatic heterocycles. The molecule has 120 valence electrons. The van der Waals surface area contributed by atoms with Crippen LogP contribution in [0.5, 0.6) is 0 Å². The minimum absolute atomic E-state index is 0.306. The predicted molar refractivity (Wildman–Crippen MR) is 91.0 cm³/mol. The summed E-state index contributed by atoms with van der Waals surface area (Å²) in [4.78, 5) is 23.8. The van der Waals surface area contributed by atoms with Crippen LogP contribution in [0.3, 0.4) is 0 Å². The van der Waals surface area contributed by atoms with E-state index in [1.165, 1.54) is 12.7 Å². The van der Waals surface area contributed by atoms with Gasteiger partial charge in [0.2, 0.25) is 0 Å². The van der Waals surface area contributed by atoms with E-state index in [1.54, 1.807) is 24.3 Å². The minimum atomic E-state index is -0.498. The van der Waals surface area contributed by atoms with E-state index < -0.39 is 12.0 Å². The van der Waals surface area contributed by atoms with E-state index in [4.69, 9.17) is 4.74 Å². The molecule has 0 aromatic heterocycles. The number of urea groups is 1. The molecule has 2 aromatic rings. The maximum Gasteiger partial charge on any atom is 0.339 e. The van der Waals surface area contributed by atoms with Crippen LogP contribution in [-0.2, 0) is 4.74 Å². The van der Waals surface area contributed by atoms with Crippen molar-refractivity contribution in [1.29, 1.82) is 0 Å². The zero-order valence-corrected chi connectivity index (χ0v) is 13.4. The third kappa shape index (κ3) is 4.32. The van der Waals surface area contributed by atoms with Gasteiger partial charge >= 0.3 is 12.0 Å². The van der Waals surface area contributed by atoms with Crippen molar-refractivity contribution in [2.24, 2.45) is 0 Å². The molecule has 2 rings (SSSR count).